The van der Waals surface area contributed by atoms with Crippen molar-refractivity contribution >= 4 is 0 Å². The molecule has 0 amide bonds. The number of nitrogens with one attached hydrogen (secondary N) is 1. The molecule has 0 aromatic carbocycles. The Balaban J connectivity index is 1.57. The van der Waals surface area contributed by atoms with E-state index in [0.29, 0.717) is 6.04 Å². The van der Waals surface area contributed by atoms with Gasteiger partial charge in [0.25, 0.3) is 0 Å². The lowest BCUT2D eigenvalue weighted by molar-refractivity contribution is 0.200. The molecule has 1 saturated heterocycles. The number of likely N-dealkylation sites (N-methyl/N-ethyl adjacent to an activating group) is 1. The molecule has 112 valence electrons. The normalized spacial score (nSPS) is 23.9. The summed E-state index contributed by atoms with van der Waals surface area (Å²) >= 11 is 0. The van der Waals surface area contributed by atoms with Crippen LogP contribution >= 0.6 is 0 Å². The van der Waals surface area contributed by atoms with Gasteiger partial charge in [-0.05, 0) is 52.4 Å². The van der Waals surface area contributed by atoms with E-state index in [4.69, 9.17) is 4.42 Å². The van der Waals surface area contributed by atoms with E-state index in [1.54, 1.807) is 0 Å². The molecule has 2 heterocycles. The van der Waals surface area contributed by atoms with E-state index in [2.05, 4.69) is 35.3 Å². The van der Waals surface area contributed by atoms with Crippen LogP contribution in [0.4, 0.5) is 0 Å². The molecule has 1 N–H and O–H groups in total. The molecule has 1 aliphatic carbocycles. The van der Waals surface area contributed by atoms with Crippen molar-refractivity contribution in [3.05, 3.63) is 23.7 Å². The lowest BCUT2D eigenvalue weighted by Gasteiger charge is -2.26. The first-order valence-electron chi connectivity index (χ1n) is 7.90. The Morgan fingerprint density at radius 2 is 2.20 bits per heavy atom. The summed E-state index contributed by atoms with van der Waals surface area (Å²) in [4.78, 5) is 4.92. The van der Waals surface area contributed by atoms with Crippen molar-refractivity contribution in [1.29, 1.82) is 0 Å². The fraction of sp³-hybridized carbons (Fsp3) is 0.750. The molecule has 2 aliphatic rings. The van der Waals surface area contributed by atoms with Gasteiger partial charge in [0.15, 0.2) is 0 Å². The van der Waals surface area contributed by atoms with Crippen LogP contribution in [0.1, 0.15) is 37.0 Å². The van der Waals surface area contributed by atoms with Crippen LogP contribution in [-0.4, -0.2) is 49.1 Å². The summed E-state index contributed by atoms with van der Waals surface area (Å²) in [7, 11) is 4.33. The molecule has 1 aromatic heterocycles. The Bertz CT molecular complexity index is 425. The molecule has 4 heteroatoms. The van der Waals surface area contributed by atoms with Gasteiger partial charge in [0.2, 0.25) is 0 Å². The average molecular weight is 277 g/mol. The summed E-state index contributed by atoms with van der Waals surface area (Å²) in [5.41, 5.74) is 1.36. The molecule has 1 atom stereocenters. The number of likely N-dealkylation sites (tertiary alicyclic amines) is 1. The van der Waals surface area contributed by atoms with Gasteiger partial charge in [-0.15, -0.1) is 0 Å². The fourth-order valence-electron chi connectivity index (χ4n) is 3.14. The first-order valence-corrected chi connectivity index (χ1v) is 7.90. The topological polar surface area (TPSA) is 31.6 Å². The van der Waals surface area contributed by atoms with Crippen LogP contribution < -0.4 is 5.32 Å². The maximum absolute atomic E-state index is 5.67. The van der Waals surface area contributed by atoms with Crippen molar-refractivity contribution in [2.75, 3.05) is 27.2 Å². The van der Waals surface area contributed by atoms with Gasteiger partial charge in [-0.2, -0.15) is 0 Å². The molecule has 1 unspecified atom stereocenters. The largest absolute Gasteiger partial charge is 0.468 e. The highest BCUT2D eigenvalue weighted by atomic mass is 16.3. The predicted octanol–water partition coefficient (Wildman–Crippen LogP) is 2.06. The van der Waals surface area contributed by atoms with Crippen molar-refractivity contribution in [2.24, 2.45) is 0 Å². The Hall–Kier alpha value is -0.840. The third-order valence-electron chi connectivity index (χ3n) is 4.41. The Kier molecular flexibility index (Phi) is 4.44. The highest BCUT2D eigenvalue weighted by molar-refractivity contribution is 5.17. The van der Waals surface area contributed by atoms with E-state index in [1.807, 2.05) is 6.26 Å². The van der Waals surface area contributed by atoms with Crippen LogP contribution in [-0.2, 0) is 13.1 Å². The van der Waals surface area contributed by atoms with E-state index in [1.165, 1.54) is 37.8 Å². The van der Waals surface area contributed by atoms with Crippen molar-refractivity contribution in [2.45, 2.75) is 50.9 Å². The minimum atomic E-state index is 0.698. The van der Waals surface area contributed by atoms with Crippen LogP contribution in [0.3, 0.4) is 0 Å². The molecule has 0 radical (unpaired) electrons. The Morgan fingerprint density at radius 1 is 1.35 bits per heavy atom. The number of furan rings is 1. The Labute approximate surface area is 122 Å². The quantitative estimate of drug-likeness (QED) is 0.827. The number of hydrogen-bond acceptors (Lipinski definition) is 4. The molecule has 1 aromatic rings. The summed E-state index contributed by atoms with van der Waals surface area (Å²) < 4.78 is 5.67. The van der Waals surface area contributed by atoms with Gasteiger partial charge in [-0.25, -0.2) is 0 Å². The molecular formula is C16H27N3O. The van der Waals surface area contributed by atoms with Crippen LogP contribution in [0, 0.1) is 0 Å². The van der Waals surface area contributed by atoms with Gasteiger partial charge in [-0.1, -0.05) is 0 Å². The van der Waals surface area contributed by atoms with Gasteiger partial charge in [0.05, 0.1) is 12.8 Å². The summed E-state index contributed by atoms with van der Waals surface area (Å²) in [5, 5.41) is 3.55. The highest BCUT2D eigenvalue weighted by Gasteiger charge is 2.26. The van der Waals surface area contributed by atoms with E-state index in [-0.39, 0.29) is 0 Å². The SMILES string of the molecule is CN(C)CC1CCCN1Cc1ccoc1CNC1CC1. The van der Waals surface area contributed by atoms with Crippen molar-refractivity contribution < 1.29 is 4.42 Å². The summed E-state index contributed by atoms with van der Waals surface area (Å²) in [5.74, 6) is 1.13. The lowest BCUT2D eigenvalue weighted by Crippen LogP contribution is -2.37. The highest BCUT2D eigenvalue weighted by Crippen LogP contribution is 2.24. The van der Waals surface area contributed by atoms with Gasteiger partial charge in [0.1, 0.15) is 5.76 Å². The van der Waals surface area contributed by atoms with E-state index in [0.717, 1.165) is 31.4 Å². The second-order valence-electron chi connectivity index (χ2n) is 6.55. The third-order valence-corrected chi connectivity index (χ3v) is 4.41. The van der Waals surface area contributed by atoms with Gasteiger partial charge >= 0.3 is 0 Å². The minimum Gasteiger partial charge on any atom is -0.468 e. The maximum Gasteiger partial charge on any atom is 0.122 e. The molecule has 20 heavy (non-hydrogen) atoms. The van der Waals surface area contributed by atoms with Crippen LogP contribution in [0.15, 0.2) is 16.7 Å². The number of hydrogen-bond donors (Lipinski definition) is 1. The second kappa shape index (κ2) is 6.29. The zero-order chi connectivity index (χ0) is 13.9. The van der Waals surface area contributed by atoms with E-state index < -0.39 is 0 Å². The van der Waals surface area contributed by atoms with E-state index >= 15 is 0 Å². The molecule has 2 fully saturated rings. The zero-order valence-electron chi connectivity index (χ0n) is 12.8. The van der Waals surface area contributed by atoms with Gasteiger partial charge in [0, 0.05) is 30.7 Å². The van der Waals surface area contributed by atoms with E-state index in [9.17, 15) is 0 Å². The standard InChI is InChI=1S/C16H27N3O/c1-18(2)12-15-4-3-8-19(15)11-13-7-9-20-16(13)10-17-14-5-6-14/h7,9,14-15,17H,3-6,8,10-12H2,1-2H3. The van der Waals surface area contributed by atoms with Crippen LogP contribution in [0.5, 0.6) is 0 Å². The molecule has 1 aliphatic heterocycles. The molecule has 1 saturated carbocycles. The third kappa shape index (κ3) is 3.62. The maximum atomic E-state index is 5.67. The molecule has 0 spiro atoms. The smallest absolute Gasteiger partial charge is 0.122 e. The lowest BCUT2D eigenvalue weighted by atomic mass is 10.2. The predicted molar refractivity (Wildman–Crippen MR) is 80.6 cm³/mol. The number of rotatable bonds is 7. The zero-order valence-corrected chi connectivity index (χ0v) is 12.8. The number of nitrogens with zero attached hydrogens (tertiary/aromatic N) is 2. The summed E-state index contributed by atoms with van der Waals surface area (Å²) in [6.07, 6.45) is 7.15. The van der Waals surface area contributed by atoms with Crippen LogP contribution in [0.2, 0.25) is 0 Å². The first kappa shape index (κ1) is 14.1. The fourth-order valence-corrected chi connectivity index (χ4v) is 3.14. The first-order chi connectivity index (χ1) is 9.72. The van der Waals surface area contributed by atoms with Crippen LogP contribution in [0.25, 0.3) is 0 Å². The van der Waals surface area contributed by atoms with Crippen molar-refractivity contribution in [3.63, 3.8) is 0 Å². The summed E-state index contributed by atoms with van der Waals surface area (Å²) in [6.45, 7) is 4.31. The summed E-state index contributed by atoms with van der Waals surface area (Å²) in [6, 6.07) is 3.58. The Morgan fingerprint density at radius 3 is 2.95 bits per heavy atom. The molecule has 0 bridgehead atoms. The molecule has 3 rings (SSSR count). The van der Waals surface area contributed by atoms with Crippen molar-refractivity contribution in [3.8, 4) is 0 Å². The molecular weight excluding hydrogens is 250 g/mol. The van der Waals surface area contributed by atoms with Crippen molar-refractivity contribution in [1.82, 2.24) is 15.1 Å². The second-order valence-corrected chi connectivity index (χ2v) is 6.55. The average Bonchev–Trinajstić information content (AvgIpc) is 2.98. The monoisotopic (exact) mass is 277 g/mol. The van der Waals surface area contributed by atoms with Gasteiger partial charge in [-0.3, -0.25) is 4.90 Å². The molecule has 4 nitrogen and oxygen atoms in total. The van der Waals surface area contributed by atoms with Gasteiger partial charge < -0.3 is 14.6 Å². The minimum absolute atomic E-state index is 0.698.